The first-order valence-corrected chi connectivity index (χ1v) is 10.0. The molecule has 0 saturated heterocycles. The molecular formula is C25H24ClN3O. The number of hydrogen-bond acceptors (Lipinski definition) is 2. The summed E-state index contributed by atoms with van der Waals surface area (Å²) in [5.74, 6) is -0.464. The Kier molecular flexibility index (Phi) is 6.14. The average Bonchev–Trinajstić information content (AvgIpc) is 2.97. The Hall–Kier alpha value is -3.29. The molecule has 152 valence electrons. The predicted molar refractivity (Wildman–Crippen MR) is 123 cm³/mol. The molecule has 30 heavy (non-hydrogen) atoms. The van der Waals surface area contributed by atoms with Gasteiger partial charge in [0.15, 0.2) is 0 Å². The summed E-state index contributed by atoms with van der Waals surface area (Å²) >= 11 is 6.13. The first-order chi connectivity index (χ1) is 14.2. The van der Waals surface area contributed by atoms with Crippen LogP contribution in [0.25, 0.3) is 11.8 Å². The van der Waals surface area contributed by atoms with Crippen molar-refractivity contribution in [1.82, 2.24) is 4.57 Å². The van der Waals surface area contributed by atoms with E-state index in [1.165, 1.54) is 5.56 Å². The Bertz CT molecular complexity index is 1210. The molecule has 0 unspecified atom stereocenters. The molecule has 0 aliphatic heterocycles. The Labute approximate surface area is 182 Å². The lowest BCUT2D eigenvalue weighted by molar-refractivity contribution is -0.112. The second-order valence-corrected chi connectivity index (χ2v) is 7.95. The van der Waals surface area contributed by atoms with Gasteiger partial charge in [-0.3, -0.25) is 4.79 Å². The van der Waals surface area contributed by atoms with Crippen LogP contribution in [-0.4, -0.2) is 10.5 Å². The molecule has 0 spiro atoms. The van der Waals surface area contributed by atoms with E-state index in [-0.39, 0.29) is 5.57 Å². The molecule has 3 aromatic rings. The number of aryl methyl sites for hydroxylation is 4. The van der Waals surface area contributed by atoms with E-state index in [4.69, 9.17) is 11.6 Å². The van der Waals surface area contributed by atoms with Gasteiger partial charge >= 0.3 is 0 Å². The van der Waals surface area contributed by atoms with Gasteiger partial charge in [0, 0.05) is 27.8 Å². The quantitative estimate of drug-likeness (QED) is 0.404. The lowest BCUT2D eigenvalue weighted by atomic mass is 10.1. The van der Waals surface area contributed by atoms with Gasteiger partial charge < -0.3 is 9.88 Å². The van der Waals surface area contributed by atoms with E-state index >= 15 is 0 Å². The number of nitrogens with zero attached hydrogens (tertiary/aromatic N) is 2. The number of hydrogen-bond donors (Lipinski definition) is 1. The number of carbonyl (C=O) groups excluding carboxylic acids is 1. The molecule has 0 radical (unpaired) electrons. The predicted octanol–water partition coefficient (Wildman–Crippen LogP) is 6.22. The molecule has 2 aromatic carbocycles. The van der Waals surface area contributed by atoms with E-state index in [1.54, 1.807) is 18.2 Å². The molecule has 0 saturated carbocycles. The third-order valence-corrected chi connectivity index (χ3v) is 5.58. The number of anilines is 1. The van der Waals surface area contributed by atoms with Crippen molar-refractivity contribution >= 4 is 29.3 Å². The molecule has 4 nitrogen and oxygen atoms in total. The van der Waals surface area contributed by atoms with E-state index in [1.807, 2.05) is 39.0 Å². The molecule has 0 fully saturated rings. The number of rotatable bonds is 4. The summed E-state index contributed by atoms with van der Waals surface area (Å²) in [6.45, 7) is 10.0. The van der Waals surface area contributed by atoms with E-state index in [9.17, 15) is 10.1 Å². The molecule has 5 heteroatoms. The number of benzene rings is 2. The number of halogens is 1. The van der Waals surface area contributed by atoms with Crippen LogP contribution in [-0.2, 0) is 4.79 Å². The smallest absolute Gasteiger partial charge is 0.266 e. The van der Waals surface area contributed by atoms with Gasteiger partial charge in [-0.05, 0) is 87.2 Å². The van der Waals surface area contributed by atoms with Gasteiger partial charge in [-0.1, -0.05) is 29.8 Å². The molecule has 0 aliphatic carbocycles. The van der Waals surface area contributed by atoms with Gasteiger partial charge in [0.1, 0.15) is 11.6 Å². The second kappa shape index (κ2) is 8.61. The number of nitriles is 1. The van der Waals surface area contributed by atoms with Crippen molar-refractivity contribution in [2.45, 2.75) is 34.6 Å². The highest BCUT2D eigenvalue weighted by Crippen LogP contribution is 2.26. The fourth-order valence-corrected chi connectivity index (χ4v) is 3.62. The van der Waals surface area contributed by atoms with Crippen molar-refractivity contribution in [2.75, 3.05) is 5.32 Å². The average molecular weight is 418 g/mol. The maximum Gasteiger partial charge on any atom is 0.266 e. The standard InChI is InChI=1S/C25H24ClN3O/c1-15-6-7-17(3)24(10-15)29-18(4)11-20(19(29)5)12-21(14-27)25(30)28-22-9-8-16(2)23(26)13-22/h6-13H,1-5H3,(H,28,30)/b21-12-. The van der Waals surface area contributed by atoms with Gasteiger partial charge in [-0.25, -0.2) is 0 Å². The normalized spacial score (nSPS) is 11.3. The minimum absolute atomic E-state index is 0.0351. The van der Waals surface area contributed by atoms with Crippen molar-refractivity contribution in [2.24, 2.45) is 0 Å². The Morgan fingerprint density at radius 2 is 1.73 bits per heavy atom. The van der Waals surface area contributed by atoms with Crippen molar-refractivity contribution in [1.29, 1.82) is 5.26 Å². The van der Waals surface area contributed by atoms with Crippen molar-refractivity contribution in [3.63, 3.8) is 0 Å². The van der Waals surface area contributed by atoms with Crippen LogP contribution >= 0.6 is 11.6 Å². The topological polar surface area (TPSA) is 57.8 Å². The maximum atomic E-state index is 12.7. The monoisotopic (exact) mass is 417 g/mol. The minimum atomic E-state index is -0.464. The first-order valence-electron chi connectivity index (χ1n) is 9.67. The SMILES string of the molecule is Cc1ccc(C)c(-n2c(C)cc(/C=C(/C#N)C(=O)Nc3ccc(C)c(Cl)c3)c2C)c1. The first kappa shape index (κ1) is 21.4. The highest BCUT2D eigenvalue weighted by atomic mass is 35.5. The summed E-state index contributed by atoms with van der Waals surface area (Å²) in [6.07, 6.45) is 1.63. The molecule has 0 aliphatic rings. The van der Waals surface area contributed by atoms with Crippen LogP contribution in [0.3, 0.4) is 0 Å². The van der Waals surface area contributed by atoms with E-state index in [2.05, 4.69) is 41.9 Å². The fraction of sp³-hybridized carbons (Fsp3) is 0.200. The summed E-state index contributed by atoms with van der Waals surface area (Å²) in [4.78, 5) is 12.7. The molecule has 1 aromatic heterocycles. The number of carbonyl (C=O) groups is 1. The largest absolute Gasteiger partial charge is 0.321 e. The summed E-state index contributed by atoms with van der Waals surface area (Å²) in [5.41, 5.74) is 7.79. The zero-order valence-corrected chi connectivity index (χ0v) is 18.6. The molecule has 3 rings (SSSR count). The fourth-order valence-electron chi connectivity index (χ4n) is 3.44. The molecule has 0 atom stereocenters. The molecular weight excluding hydrogens is 394 g/mol. The number of aromatic nitrogens is 1. The number of nitrogens with one attached hydrogen (secondary N) is 1. The molecule has 0 bridgehead atoms. The van der Waals surface area contributed by atoms with Crippen molar-refractivity contribution in [3.8, 4) is 11.8 Å². The minimum Gasteiger partial charge on any atom is -0.321 e. The van der Waals surface area contributed by atoms with Crippen LogP contribution in [0.4, 0.5) is 5.69 Å². The molecule has 1 heterocycles. The third-order valence-electron chi connectivity index (χ3n) is 5.17. The Morgan fingerprint density at radius 3 is 2.40 bits per heavy atom. The van der Waals surface area contributed by atoms with E-state index in [0.29, 0.717) is 10.7 Å². The highest BCUT2D eigenvalue weighted by molar-refractivity contribution is 6.31. The van der Waals surface area contributed by atoms with E-state index < -0.39 is 5.91 Å². The summed E-state index contributed by atoms with van der Waals surface area (Å²) in [6, 6.07) is 15.6. The summed E-state index contributed by atoms with van der Waals surface area (Å²) in [7, 11) is 0. The highest BCUT2D eigenvalue weighted by Gasteiger charge is 2.15. The lowest BCUT2D eigenvalue weighted by Gasteiger charge is -2.13. The second-order valence-electron chi connectivity index (χ2n) is 7.54. The number of amides is 1. The Balaban J connectivity index is 1.96. The molecule has 1 amide bonds. The zero-order valence-electron chi connectivity index (χ0n) is 17.8. The van der Waals surface area contributed by atoms with Crippen LogP contribution in [0.1, 0.15) is 33.6 Å². The van der Waals surface area contributed by atoms with Gasteiger partial charge in [-0.15, -0.1) is 0 Å². The Morgan fingerprint density at radius 1 is 1.03 bits per heavy atom. The zero-order chi connectivity index (χ0) is 22.0. The van der Waals surface area contributed by atoms with Gasteiger partial charge in [0.05, 0.1) is 0 Å². The van der Waals surface area contributed by atoms with Crippen LogP contribution < -0.4 is 5.32 Å². The van der Waals surface area contributed by atoms with Gasteiger partial charge in [0.25, 0.3) is 5.91 Å². The van der Waals surface area contributed by atoms with Gasteiger partial charge in [0.2, 0.25) is 0 Å². The van der Waals surface area contributed by atoms with E-state index in [0.717, 1.165) is 33.8 Å². The van der Waals surface area contributed by atoms with Crippen LogP contribution in [0.5, 0.6) is 0 Å². The van der Waals surface area contributed by atoms with Crippen LogP contribution in [0.15, 0.2) is 48.0 Å². The van der Waals surface area contributed by atoms with Crippen molar-refractivity contribution in [3.05, 3.63) is 86.7 Å². The molecule has 1 N–H and O–H groups in total. The third kappa shape index (κ3) is 4.32. The lowest BCUT2D eigenvalue weighted by Crippen LogP contribution is -2.13. The van der Waals surface area contributed by atoms with Crippen molar-refractivity contribution < 1.29 is 4.79 Å². The van der Waals surface area contributed by atoms with Gasteiger partial charge in [-0.2, -0.15) is 5.26 Å². The summed E-state index contributed by atoms with van der Waals surface area (Å²) < 4.78 is 2.15. The summed E-state index contributed by atoms with van der Waals surface area (Å²) in [5, 5.41) is 12.9. The van der Waals surface area contributed by atoms with Crippen LogP contribution in [0.2, 0.25) is 5.02 Å². The maximum absolute atomic E-state index is 12.7. The van der Waals surface area contributed by atoms with Crippen LogP contribution in [0, 0.1) is 45.9 Å².